The van der Waals surface area contributed by atoms with Crippen LogP contribution in [0.25, 0.3) is 0 Å². The summed E-state index contributed by atoms with van der Waals surface area (Å²) < 4.78 is 5.86. The van der Waals surface area contributed by atoms with Crippen LogP contribution in [0, 0.1) is 5.92 Å². The third-order valence-electron chi connectivity index (χ3n) is 3.00. The maximum atomic E-state index is 10.3. The normalized spacial score (nSPS) is 33.0. The number of aldehydes is 1. The van der Waals surface area contributed by atoms with Crippen LogP contribution in [0.1, 0.15) is 39.5 Å². The smallest absolute Gasteiger partial charge is 0.120 e. The molecule has 1 rings (SSSR count). The average Bonchev–Trinajstić information content (AvgIpc) is 2.19. The van der Waals surface area contributed by atoms with Crippen molar-refractivity contribution in [3.05, 3.63) is 12.2 Å². The maximum Gasteiger partial charge on any atom is 0.120 e. The highest BCUT2D eigenvalue weighted by atomic mass is 16.5. The summed E-state index contributed by atoms with van der Waals surface area (Å²) in [6.45, 7) is 8.38. The van der Waals surface area contributed by atoms with E-state index in [1.165, 1.54) is 5.57 Å². The molecule has 80 valence electrons. The van der Waals surface area contributed by atoms with Crippen molar-refractivity contribution in [3.63, 3.8) is 0 Å². The molecule has 0 aromatic heterocycles. The molecule has 0 unspecified atom stereocenters. The monoisotopic (exact) mass is 196 g/mol. The highest BCUT2D eigenvalue weighted by Gasteiger charge is 2.28. The fourth-order valence-electron chi connectivity index (χ4n) is 2.04. The van der Waals surface area contributed by atoms with Crippen molar-refractivity contribution in [1.82, 2.24) is 0 Å². The number of hydrogen-bond donors (Lipinski definition) is 0. The van der Waals surface area contributed by atoms with Crippen LogP contribution in [-0.2, 0) is 9.53 Å². The van der Waals surface area contributed by atoms with Crippen LogP contribution in [0.2, 0.25) is 0 Å². The summed E-state index contributed by atoms with van der Waals surface area (Å²) in [6.07, 6.45) is 4.90. The Morgan fingerprint density at radius 3 is 2.93 bits per heavy atom. The second-order valence-corrected chi connectivity index (χ2v) is 4.11. The van der Waals surface area contributed by atoms with Crippen LogP contribution >= 0.6 is 0 Å². The Morgan fingerprint density at radius 2 is 2.36 bits per heavy atom. The summed E-state index contributed by atoms with van der Waals surface area (Å²) >= 11 is 0. The second-order valence-electron chi connectivity index (χ2n) is 4.11. The minimum atomic E-state index is 0.204. The highest BCUT2D eigenvalue weighted by molar-refractivity contribution is 5.49. The molecule has 0 N–H and O–H groups in total. The lowest BCUT2D eigenvalue weighted by molar-refractivity contribution is -0.109. The first kappa shape index (κ1) is 11.4. The molecule has 0 aromatic rings. The molecule has 0 bridgehead atoms. The van der Waals surface area contributed by atoms with Gasteiger partial charge in [0.2, 0.25) is 0 Å². The van der Waals surface area contributed by atoms with Gasteiger partial charge in [0.15, 0.2) is 0 Å². The van der Waals surface area contributed by atoms with Crippen LogP contribution in [0.4, 0.5) is 0 Å². The second kappa shape index (κ2) is 5.30. The Morgan fingerprint density at radius 1 is 1.64 bits per heavy atom. The van der Waals surface area contributed by atoms with Gasteiger partial charge in [-0.3, -0.25) is 0 Å². The molecule has 1 aliphatic rings. The van der Waals surface area contributed by atoms with Crippen molar-refractivity contribution < 1.29 is 9.53 Å². The van der Waals surface area contributed by atoms with Gasteiger partial charge in [0, 0.05) is 6.42 Å². The number of hydrogen-bond acceptors (Lipinski definition) is 2. The van der Waals surface area contributed by atoms with Gasteiger partial charge in [-0.2, -0.15) is 0 Å². The molecule has 1 heterocycles. The van der Waals surface area contributed by atoms with Gasteiger partial charge in [0.1, 0.15) is 6.29 Å². The molecule has 0 aliphatic carbocycles. The van der Waals surface area contributed by atoms with Crippen molar-refractivity contribution in [1.29, 1.82) is 0 Å². The molecule has 0 spiro atoms. The average molecular weight is 196 g/mol. The van der Waals surface area contributed by atoms with Crippen molar-refractivity contribution >= 4 is 6.29 Å². The van der Waals surface area contributed by atoms with Gasteiger partial charge in [-0.05, 0) is 30.8 Å². The van der Waals surface area contributed by atoms with Crippen LogP contribution in [0.15, 0.2) is 12.2 Å². The minimum Gasteiger partial charge on any atom is -0.371 e. The van der Waals surface area contributed by atoms with E-state index in [0.717, 1.165) is 25.5 Å². The van der Waals surface area contributed by atoms with E-state index >= 15 is 0 Å². The van der Waals surface area contributed by atoms with Crippen molar-refractivity contribution in [2.75, 3.05) is 0 Å². The van der Waals surface area contributed by atoms with Crippen LogP contribution < -0.4 is 0 Å². The lowest BCUT2D eigenvalue weighted by atomic mass is 9.87. The van der Waals surface area contributed by atoms with E-state index in [1.807, 2.05) is 0 Å². The van der Waals surface area contributed by atoms with E-state index in [2.05, 4.69) is 20.4 Å². The third kappa shape index (κ3) is 2.68. The van der Waals surface area contributed by atoms with E-state index in [9.17, 15) is 4.79 Å². The zero-order chi connectivity index (χ0) is 10.6. The van der Waals surface area contributed by atoms with Crippen LogP contribution in [0.5, 0.6) is 0 Å². The quantitative estimate of drug-likeness (QED) is 0.510. The number of carbonyl (C=O) groups excluding carboxylic acids is 1. The van der Waals surface area contributed by atoms with Gasteiger partial charge >= 0.3 is 0 Å². The topological polar surface area (TPSA) is 26.3 Å². The Balaban J connectivity index is 2.49. The van der Waals surface area contributed by atoms with E-state index in [1.54, 1.807) is 0 Å². The molecule has 2 nitrogen and oxygen atoms in total. The van der Waals surface area contributed by atoms with E-state index in [4.69, 9.17) is 4.74 Å². The molecular weight excluding hydrogens is 176 g/mol. The van der Waals surface area contributed by atoms with Gasteiger partial charge in [0.25, 0.3) is 0 Å². The SMILES string of the molecule is C=C1[C@H](C)C[C@H](CCC=O)O[C@@H]1CC. The molecule has 0 radical (unpaired) electrons. The highest BCUT2D eigenvalue weighted by Crippen LogP contribution is 2.31. The molecule has 14 heavy (non-hydrogen) atoms. The first-order valence-corrected chi connectivity index (χ1v) is 5.46. The molecule has 3 atom stereocenters. The Hall–Kier alpha value is -0.630. The third-order valence-corrected chi connectivity index (χ3v) is 3.00. The largest absolute Gasteiger partial charge is 0.371 e. The predicted molar refractivity (Wildman–Crippen MR) is 57.2 cm³/mol. The Labute approximate surface area is 86.3 Å². The predicted octanol–water partition coefficient (Wildman–Crippen LogP) is 2.73. The zero-order valence-electron chi connectivity index (χ0n) is 9.16. The van der Waals surface area contributed by atoms with Gasteiger partial charge in [-0.1, -0.05) is 20.4 Å². The maximum absolute atomic E-state index is 10.3. The molecule has 0 aromatic carbocycles. The van der Waals surface area contributed by atoms with Crippen LogP contribution in [-0.4, -0.2) is 18.5 Å². The molecule has 2 heteroatoms. The van der Waals surface area contributed by atoms with E-state index < -0.39 is 0 Å². The van der Waals surface area contributed by atoms with Gasteiger partial charge < -0.3 is 9.53 Å². The van der Waals surface area contributed by atoms with Crippen molar-refractivity contribution in [2.24, 2.45) is 5.92 Å². The Kier molecular flexibility index (Phi) is 4.33. The standard InChI is InChI=1S/C12H20O2/c1-4-12-10(3)9(2)8-11(14-12)6-5-7-13/h7,9,11-12H,3-6,8H2,1-2H3/t9-,11+,12-/m1/s1. The number of ether oxygens (including phenoxy) is 1. The van der Waals surface area contributed by atoms with Gasteiger partial charge in [0.05, 0.1) is 12.2 Å². The minimum absolute atomic E-state index is 0.204. The number of carbonyl (C=O) groups is 1. The zero-order valence-corrected chi connectivity index (χ0v) is 9.16. The summed E-state index contributed by atoms with van der Waals surface area (Å²) in [5.74, 6) is 0.533. The van der Waals surface area contributed by atoms with Crippen molar-refractivity contribution in [3.8, 4) is 0 Å². The molecule has 1 saturated heterocycles. The molecule has 0 amide bonds. The summed E-state index contributed by atoms with van der Waals surface area (Å²) in [4.78, 5) is 10.3. The van der Waals surface area contributed by atoms with E-state index in [-0.39, 0.29) is 12.2 Å². The summed E-state index contributed by atoms with van der Waals surface area (Å²) in [5, 5.41) is 0. The fourth-order valence-corrected chi connectivity index (χ4v) is 2.04. The summed E-state index contributed by atoms with van der Waals surface area (Å²) in [5.41, 5.74) is 1.22. The molecule has 1 fully saturated rings. The number of rotatable bonds is 4. The summed E-state index contributed by atoms with van der Waals surface area (Å²) in [7, 11) is 0. The van der Waals surface area contributed by atoms with Crippen LogP contribution in [0.3, 0.4) is 0 Å². The Bertz CT molecular complexity index is 210. The van der Waals surface area contributed by atoms with Gasteiger partial charge in [-0.25, -0.2) is 0 Å². The molecule has 1 aliphatic heterocycles. The van der Waals surface area contributed by atoms with E-state index in [0.29, 0.717) is 12.3 Å². The molecule has 0 saturated carbocycles. The first-order chi connectivity index (χ1) is 6.69. The fraction of sp³-hybridized carbons (Fsp3) is 0.750. The lowest BCUT2D eigenvalue weighted by Crippen LogP contribution is -2.33. The summed E-state index contributed by atoms with van der Waals surface area (Å²) in [6, 6.07) is 0. The van der Waals surface area contributed by atoms with Crippen molar-refractivity contribution in [2.45, 2.75) is 51.7 Å². The molecular formula is C12H20O2. The lowest BCUT2D eigenvalue weighted by Gasteiger charge is -2.35. The first-order valence-electron chi connectivity index (χ1n) is 5.46. The van der Waals surface area contributed by atoms with Gasteiger partial charge in [-0.15, -0.1) is 0 Å².